The summed E-state index contributed by atoms with van der Waals surface area (Å²) in [6, 6.07) is 0. The molecule has 218 valence electrons. The molecule has 39 heavy (non-hydrogen) atoms. The summed E-state index contributed by atoms with van der Waals surface area (Å²) in [5.74, 6) is 0.898. The smallest absolute Gasteiger partial charge is 0.302 e. The van der Waals surface area contributed by atoms with Crippen molar-refractivity contribution in [2.75, 3.05) is 14.1 Å². The number of rotatable bonds is 2. The quantitative estimate of drug-likeness (QED) is 0.355. The first-order valence-electron chi connectivity index (χ1n) is 15.5. The monoisotopic (exact) mass is 539 g/mol. The van der Waals surface area contributed by atoms with Crippen LogP contribution in [-0.4, -0.2) is 42.8 Å². The molecule has 5 heteroatoms. The highest BCUT2D eigenvalue weighted by Gasteiger charge is 2.70. The van der Waals surface area contributed by atoms with Crippen molar-refractivity contribution < 1.29 is 19.1 Å². The van der Waals surface area contributed by atoms with Gasteiger partial charge in [-0.05, 0) is 97.4 Å². The summed E-state index contributed by atoms with van der Waals surface area (Å²) in [5.41, 5.74) is 0.645. The van der Waals surface area contributed by atoms with Crippen molar-refractivity contribution in [2.24, 2.45) is 50.2 Å². The normalized spacial score (nSPS) is 48.5. The highest BCUT2D eigenvalue weighted by molar-refractivity contribution is 5.95. The molecule has 0 radical (unpaired) electrons. The molecule has 4 fully saturated rings. The van der Waals surface area contributed by atoms with E-state index in [4.69, 9.17) is 4.74 Å². The van der Waals surface area contributed by atoms with E-state index < -0.39 is 0 Å². The number of allylic oxidation sites excluding steroid dienone is 2. The molecular formula is C34H53NO4. The number of hydrogen-bond acceptors (Lipinski definition) is 4. The summed E-state index contributed by atoms with van der Waals surface area (Å²) in [4.78, 5) is 41.6. The Hall–Kier alpha value is -1.65. The van der Waals surface area contributed by atoms with Gasteiger partial charge in [0.2, 0.25) is 5.91 Å². The molecule has 0 aromatic carbocycles. The van der Waals surface area contributed by atoms with Gasteiger partial charge in [0.1, 0.15) is 6.10 Å². The van der Waals surface area contributed by atoms with E-state index in [1.165, 1.54) is 12.5 Å². The second-order valence-corrected chi connectivity index (χ2v) is 16.4. The minimum Gasteiger partial charge on any atom is -0.462 e. The van der Waals surface area contributed by atoms with E-state index in [2.05, 4.69) is 54.5 Å². The van der Waals surface area contributed by atoms with Gasteiger partial charge in [0.25, 0.3) is 0 Å². The van der Waals surface area contributed by atoms with Crippen molar-refractivity contribution >= 4 is 17.7 Å². The van der Waals surface area contributed by atoms with E-state index in [-0.39, 0.29) is 62.3 Å². The average molecular weight is 540 g/mol. The zero-order valence-corrected chi connectivity index (χ0v) is 26.3. The van der Waals surface area contributed by atoms with Crippen LogP contribution in [-0.2, 0) is 19.1 Å². The number of hydrogen-bond donors (Lipinski definition) is 0. The first-order valence-corrected chi connectivity index (χ1v) is 15.5. The largest absolute Gasteiger partial charge is 0.462 e. The van der Waals surface area contributed by atoms with Gasteiger partial charge in [0.05, 0.1) is 0 Å². The van der Waals surface area contributed by atoms with Gasteiger partial charge in [0, 0.05) is 37.8 Å². The Bertz CT molecular complexity index is 1120. The maximum absolute atomic E-state index is 14.5. The van der Waals surface area contributed by atoms with Crippen molar-refractivity contribution in [2.45, 2.75) is 119 Å². The van der Waals surface area contributed by atoms with Gasteiger partial charge >= 0.3 is 5.97 Å². The Morgan fingerprint density at radius 1 is 0.897 bits per heavy atom. The Balaban J connectivity index is 1.57. The summed E-state index contributed by atoms with van der Waals surface area (Å²) in [5, 5.41) is 0. The summed E-state index contributed by atoms with van der Waals surface area (Å²) >= 11 is 0. The molecule has 0 aromatic heterocycles. The molecule has 0 heterocycles. The third kappa shape index (κ3) is 3.79. The highest BCUT2D eigenvalue weighted by atomic mass is 16.5. The first kappa shape index (κ1) is 28.9. The van der Waals surface area contributed by atoms with E-state index >= 15 is 0 Å². The van der Waals surface area contributed by atoms with Crippen molar-refractivity contribution in [1.29, 1.82) is 0 Å². The zero-order valence-electron chi connectivity index (χ0n) is 26.3. The lowest BCUT2D eigenvalue weighted by Crippen LogP contribution is -2.66. The van der Waals surface area contributed by atoms with Crippen LogP contribution in [0.3, 0.4) is 0 Å². The summed E-state index contributed by atoms with van der Waals surface area (Å²) in [7, 11) is 3.75. The summed E-state index contributed by atoms with van der Waals surface area (Å²) < 4.78 is 5.85. The van der Waals surface area contributed by atoms with Gasteiger partial charge in [-0.25, -0.2) is 0 Å². The predicted octanol–water partition coefficient (Wildman–Crippen LogP) is 6.99. The van der Waals surface area contributed by atoms with E-state index in [0.29, 0.717) is 11.7 Å². The topological polar surface area (TPSA) is 63.7 Å². The molecule has 0 bridgehead atoms. The number of nitrogens with zero attached hydrogens (tertiary/aromatic N) is 1. The van der Waals surface area contributed by atoms with Crippen LogP contribution in [0.15, 0.2) is 11.6 Å². The first-order chi connectivity index (χ1) is 17.9. The fourth-order valence-corrected chi connectivity index (χ4v) is 11.3. The van der Waals surface area contributed by atoms with Crippen LogP contribution in [0.2, 0.25) is 0 Å². The van der Waals surface area contributed by atoms with E-state index in [1.807, 2.05) is 14.1 Å². The molecule has 0 aliphatic heterocycles. The van der Waals surface area contributed by atoms with E-state index in [1.54, 1.807) is 4.90 Å². The van der Waals surface area contributed by atoms with Gasteiger partial charge in [-0.15, -0.1) is 0 Å². The fourth-order valence-electron chi connectivity index (χ4n) is 11.3. The number of ether oxygens (including phenoxy) is 1. The molecular weight excluding hydrogens is 486 g/mol. The molecule has 5 nitrogen and oxygen atoms in total. The Labute approximate surface area is 236 Å². The molecule has 5 aliphatic rings. The molecule has 0 aromatic rings. The minimum atomic E-state index is -0.379. The molecule has 0 saturated heterocycles. The van der Waals surface area contributed by atoms with Gasteiger partial charge in [-0.3, -0.25) is 14.4 Å². The number of ketones is 1. The fraction of sp³-hybridized carbons (Fsp3) is 0.853. The lowest BCUT2D eigenvalue weighted by Gasteiger charge is -2.70. The Morgan fingerprint density at radius 3 is 2.15 bits per heavy atom. The van der Waals surface area contributed by atoms with E-state index in [9.17, 15) is 14.4 Å². The van der Waals surface area contributed by atoms with E-state index in [0.717, 1.165) is 57.8 Å². The van der Waals surface area contributed by atoms with Crippen LogP contribution in [0.25, 0.3) is 0 Å². The average Bonchev–Trinajstić information content (AvgIpc) is 2.82. The molecule has 0 N–H and O–H groups in total. The third-order valence-electron chi connectivity index (χ3n) is 13.7. The maximum Gasteiger partial charge on any atom is 0.302 e. The van der Waals surface area contributed by atoms with Gasteiger partial charge in [-0.2, -0.15) is 0 Å². The molecule has 5 rings (SSSR count). The van der Waals surface area contributed by atoms with Crippen LogP contribution in [0.4, 0.5) is 0 Å². The number of carbonyl (C=O) groups excluding carboxylic acids is 3. The van der Waals surface area contributed by atoms with Crippen LogP contribution in [0.5, 0.6) is 0 Å². The number of esters is 1. The van der Waals surface area contributed by atoms with Crippen molar-refractivity contribution in [3.8, 4) is 0 Å². The standard InChI is InChI=1S/C34H53NO4/c1-21(36)39-26-12-13-32(6)25(29(26,2)3)11-14-34(8)27(32)24(37)19-22-23-20-31(5,28(38)35(9)10)16-15-30(23,4)17-18-33(22,34)7/h19,23,25-27H,11-18,20H2,1-10H3/t23-,25-,26?,27+,30+,31-,32-,33+,34+/m0/s1. The summed E-state index contributed by atoms with van der Waals surface area (Å²) in [6.07, 6.45) is 10.9. The minimum absolute atomic E-state index is 0.0298. The summed E-state index contributed by atoms with van der Waals surface area (Å²) in [6.45, 7) is 17.9. The lowest BCUT2D eigenvalue weighted by molar-refractivity contribution is -0.210. The molecule has 1 unspecified atom stereocenters. The molecule has 0 spiro atoms. The van der Waals surface area contributed by atoms with Gasteiger partial charge < -0.3 is 9.64 Å². The highest BCUT2D eigenvalue weighted by Crippen LogP contribution is 2.75. The predicted molar refractivity (Wildman–Crippen MR) is 154 cm³/mol. The Morgan fingerprint density at radius 2 is 1.54 bits per heavy atom. The van der Waals surface area contributed by atoms with Crippen LogP contribution in [0, 0.1) is 50.2 Å². The number of fused-ring (bicyclic) bond motifs is 7. The zero-order chi connectivity index (χ0) is 29.0. The van der Waals surface area contributed by atoms with Crippen molar-refractivity contribution in [3.05, 3.63) is 11.6 Å². The third-order valence-corrected chi connectivity index (χ3v) is 13.7. The molecule has 1 amide bonds. The second-order valence-electron chi connectivity index (χ2n) is 16.4. The number of amides is 1. The SMILES string of the molecule is CC(=O)OC1CC[C@]2(C)[C@H]3C(=O)C=C4[C@@H]5C[C@@](C)(C(=O)N(C)C)CC[C@]5(C)CC[C@@]4(C)[C@]3(C)CC[C@H]2C1(C)C. The maximum atomic E-state index is 14.5. The van der Waals surface area contributed by atoms with Gasteiger partial charge in [0.15, 0.2) is 5.78 Å². The van der Waals surface area contributed by atoms with Crippen molar-refractivity contribution in [3.63, 3.8) is 0 Å². The number of carbonyl (C=O) groups is 3. The van der Waals surface area contributed by atoms with Crippen molar-refractivity contribution in [1.82, 2.24) is 4.90 Å². The lowest BCUT2D eigenvalue weighted by atomic mass is 9.33. The van der Waals surface area contributed by atoms with Crippen LogP contribution in [0.1, 0.15) is 113 Å². The molecule has 9 atom stereocenters. The molecule has 4 saturated carbocycles. The molecule has 5 aliphatic carbocycles. The van der Waals surface area contributed by atoms with Crippen LogP contribution < -0.4 is 0 Å². The Kier molecular flexibility index (Phi) is 6.42. The second kappa shape index (κ2) is 8.68. The van der Waals surface area contributed by atoms with Crippen LogP contribution >= 0.6 is 0 Å². The van der Waals surface area contributed by atoms with Gasteiger partial charge in [-0.1, -0.05) is 54.0 Å².